The van der Waals surface area contributed by atoms with Crippen LogP contribution in [0.4, 0.5) is 0 Å². The SMILES string of the molecule is CC(N)CC(=O)NCCc1cn(C)c2ccccc12. The maximum absolute atomic E-state index is 11.5. The van der Waals surface area contributed by atoms with Crippen molar-refractivity contribution in [2.24, 2.45) is 12.8 Å². The number of benzene rings is 1. The first-order valence-electron chi connectivity index (χ1n) is 6.63. The average Bonchev–Trinajstić information content (AvgIpc) is 2.66. The highest BCUT2D eigenvalue weighted by atomic mass is 16.1. The second kappa shape index (κ2) is 5.89. The number of para-hydroxylation sites is 1. The van der Waals surface area contributed by atoms with Crippen molar-refractivity contribution in [3.63, 3.8) is 0 Å². The van der Waals surface area contributed by atoms with Crippen LogP contribution in [-0.4, -0.2) is 23.1 Å². The molecule has 1 heterocycles. The molecule has 0 spiro atoms. The molecule has 19 heavy (non-hydrogen) atoms. The Kier molecular flexibility index (Phi) is 4.22. The van der Waals surface area contributed by atoms with E-state index in [0.717, 1.165) is 6.42 Å². The topological polar surface area (TPSA) is 60.1 Å². The molecule has 102 valence electrons. The highest BCUT2D eigenvalue weighted by Gasteiger charge is 2.07. The lowest BCUT2D eigenvalue weighted by atomic mass is 10.1. The maximum Gasteiger partial charge on any atom is 0.221 e. The summed E-state index contributed by atoms with van der Waals surface area (Å²) < 4.78 is 2.12. The summed E-state index contributed by atoms with van der Waals surface area (Å²) in [6.45, 7) is 2.49. The third-order valence-electron chi connectivity index (χ3n) is 3.20. The number of carbonyl (C=O) groups is 1. The maximum atomic E-state index is 11.5. The van der Waals surface area contributed by atoms with Gasteiger partial charge in [0.25, 0.3) is 0 Å². The summed E-state index contributed by atoms with van der Waals surface area (Å²) in [5, 5.41) is 4.16. The summed E-state index contributed by atoms with van der Waals surface area (Å²) in [6, 6.07) is 8.22. The van der Waals surface area contributed by atoms with Crippen LogP contribution in [0.25, 0.3) is 10.9 Å². The molecule has 1 aromatic heterocycles. The molecule has 1 aromatic carbocycles. The molecule has 3 N–H and O–H groups in total. The van der Waals surface area contributed by atoms with Gasteiger partial charge in [-0.1, -0.05) is 18.2 Å². The number of nitrogens with two attached hydrogens (primary N) is 1. The van der Waals surface area contributed by atoms with E-state index in [0.29, 0.717) is 13.0 Å². The fourth-order valence-corrected chi connectivity index (χ4v) is 2.33. The molecule has 0 fully saturated rings. The molecule has 4 nitrogen and oxygen atoms in total. The Bertz CT molecular complexity index is 572. The molecule has 0 bridgehead atoms. The highest BCUT2D eigenvalue weighted by molar-refractivity contribution is 5.84. The first-order chi connectivity index (χ1) is 9.08. The van der Waals surface area contributed by atoms with Crippen LogP contribution in [-0.2, 0) is 18.3 Å². The molecule has 0 aliphatic rings. The van der Waals surface area contributed by atoms with E-state index in [1.54, 1.807) is 0 Å². The van der Waals surface area contributed by atoms with Gasteiger partial charge in [-0.2, -0.15) is 0 Å². The third kappa shape index (κ3) is 3.35. The molecule has 0 aliphatic heterocycles. The molecule has 1 unspecified atom stereocenters. The summed E-state index contributed by atoms with van der Waals surface area (Å²) >= 11 is 0. The fraction of sp³-hybridized carbons (Fsp3) is 0.400. The Morgan fingerprint density at radius 2 is 2.16 bits per heavy atom. The van der Waals surface area contributed by atoms with Gasteiger partial charge >= 0.3 is 0 Å². The van der Waals surface area contributed by atoms with Gasteiger partial charge in [-0.25, -0.2) is 0 Å². The van der Waals surface area contributed by atoms with Gasteiger partial charge in [0.1, 0.15) is 0 Å². The van der Waals surface area contributed by atoms with Crippen LogP contribution in [0.3, 0.4) is 0 Å². The number of nitrogens with zero attached hydrogens (tertiary/aromatic N) is 1. The molecule has 1 amide bonds. The molecular formula is C15H21N3O. The van der Waals surface area contributed by atoms with Crippen molar-refractivity contribution in [1.82, 2.24) is 9.88 Å². The summed E-state index contributed by atoms with van der Waals surface area (Å²) in [6.07, 6.45) is 3.35. The monoisotopic (exact) mass is 259 g/mol. The minimum Gasteiger partial charge on any atom is -0.356 e. The van der Waals surface area contributed by atoms with E-state index in [-0.39, 0.29) is 11.9 Å². The van der Waals surface area contributed by atoms with Crippen LogP contribution in [0.1, 0.15) is 18.9 Å². The predicted molar refractivity (Wildman–Crippen MR) is 77.9 cm³/mol. The predicted octanol–water partition coefficient (Wildman–Crippen LogP) is 1.57. The van der Waals surface area contributed by atoms with Crippen LogP contribution in [0.5, 0.6) is 0 Å². The van der Waals surface area contributed by atoms with Gasteiger partial charge in [-0.15, -0.1) is 0 Å². The summed E-state index contributed by atoms with van der Waals surface area (Å²) in [5.74, 6) is 0.0234. The van der Waals surface area contributed by atoms with Crippen molar-refractivity contribution < 1.29 is 4.79 Å². The minimum absolute atomic E-state index is 0.0234. The number of carbonyl (C=O) groups excluding carboxylic acids is 1. The molecule has 0 aliphatic carbocycles. The average molecular weight is 259 g/mol. The number of rotatable bonds is 5. The van der Waals surface area contributed by atoms with Crippen LogP contribution in [0.15, 0.2) is 30.5 Å². The molecule has 0 radical (unpaired) electrons. The number of hydrogen-bond acceptors (Lipinski definition) is 2. The van der Waals surface area contributed by atoms with Crippen molar-refractivity contribution in [2.45, 2.75) is 25.8 Å². The highest BCUT2D eigenvalue weighted by Crippen LogP contribution is 2.20. The van der Waals surface area contributed by atoms with E-state index in [4.69, 9.17) is 5.73 Å². The molecule has 2 rings (SSSR count). The van der Waals surface area contributed by atoms with Gasteiger partial charge in [-0.3, -0.25) is 4.79 Å². The Balaban J connectivity index is 1.97. The van der Waals surface area contributed by atoms with Crippen LogP contribution >= 0.6 is 0 Å². The Hall–Kier alpha value is -1.81. The lowest BCUT2D eigenvalue weighted by Crippen LogP contribution is -2.31. The van der Waals surface area contributed by atoms with Gasteiger partial charge in [-0.05, 0) is 25.0 Å². The van der Waals surface area contributed by atoms with E-state index >= 15 is 0 Å². The second-order valence-corrected chi connectivity index (χ2v) is 5.06. The Labute approximate surface area is 113 Å². The molecule has 4 heteroatoms. The fourth-order valence-electron chi connectivity index (χ4n) is 2.33. The van der Waals surface area contributed by atoms with Gasteiger partial charge in [0.2, 0.25) is 5.91 Å². The lowest BCUT2D eigenvalue weighted by Gasteiger charge is -2.06. The standard InChI is InChI=1S/C15H21N3O/c1-11(16)9-15(19)17-8-7-12-10-18(2)14-6-4-3-5-13(12)14/h3-6,10-11H,7-9,16H2,1-2H3,(H,17,19). The van der Waals surface area contributed by atoms with E-state index in [2.05, 4.69) is 28.2 Å². The molecule has 2 aromatic rings. The number of nitrogens with one attached hydrogen (secondary N) is 1. The number of amides is 1. The molecule has 1 atom stereocenters. The second-order valence-electron chi connectivity index (χ2n) is 5.06. The Morgan fingerprint density at radius 1 is 1.42 bits per heavy atom. The number of aryl methyl sites for hydroxylation is 1. The first kappa shape index (κ1) is 13.6. The van der Waals surface area contributed by atoms with Crippen molar-refractivity contribution in [1.29, 1.82) is 0 Å². The number of hydrogen-bond donors (Lipinski definition) is 2. The zero-order chi connectivity index (χ0) is 13.8. The zero-order valence-corrected chi connectivity index (χ0v) is 11.5. The van der Waals surface area contributed by atoms with E-state index in [1.807, 2.05) is 26.1 Å². The summed E-state index contributed by atoms with van der Waals surface area (Å²) in [7, 11) is 2.04. The largest absolute Gasteiger partial charge is 0.356 e. The summed E-state index contributed by atoms with van der Waals surface area (Å²) in [4.78, 5) is 11.5. The normalized spacial score (nSPS) is 12.6. The van der Waals surface area contributed by atoms with E-state index in [9.17, 15) is 4.79 Å². The quantitative estimate of drug-likeness (QED) is 0.856. The van der Waals surface area contributed by atoms with Crippen LogP contribution in [0, 0.1) is 0 Å². The molecule has 0 saturated heterocycles. The number of fused-ring (bicyclic) bond motifs is 1. The first-order valence-corrected chi connectivity index (χ1v) is 6.63. The number of aromatic nitrogens is 1. The Morgan fingerprint density at radius 3 is 2.89 bits per heavy atom. The van der Waals surface area contributed by atoms with Crippen LogP contribution < -0.4 is 11.1 Å². The van der Waals surface area contributed by atoms with Gasteiger partial charge < -0.3 is 15.6 Å². The summed E-state index contributed by atoms with van der Waals surface area (Å²) in [5.41, 5.74) is 8.07. The van der Waals surface area contributed by atoms with Crippen molar-refractivity contribution in [3.05, 3.63) is 36.0 Å². The van der Waals surface area contributed by atoms with Gasteiger partial charge in [0.15, 0.2) is 0 Å². The van der Waals surface area contributed by atoms with E-state index < -0.39 is 0 Å². The molecular weight excluding hydrogens is 238 g/mol. The van der Waals surface area contributed by atoms with Crippen molar-refractivity contribution in [3.8, 4) is 0 Å². The van der Waals surface area contributed by atoms with E-state index in [1.165, 1.54) is 16.5 Å². The van der Waals surface area contributed by atoms with Crippen molar-refractivity contribution >= 4 is 16.8 Å². The van der Waals surface area contributed by atoms with Gasteiger partial charge in [0, 0.05) is 43.2 Å². The third-order valence-corrected chi connectivity index (χ3v) is 3.20. The zero-order valence-electron chi connectivity index (χ0n) is 11.5. The lowest BCUT2D eigenvalue weighted by molar-refractivity contribution is -0.121. The van der Waals surface area contributed by atoms with Gasteiger partial charge in [0.05, 0.1) is 0 Å². The molecule has 0 saturated carbocycles. The minimum atomic E-state index is -0.0856. The van der Waals surface area contributed by atoms with Crippen LogP contribution in [0.2, 0.25) is 0 Å². The smallest absolute Gasteiger partial charge is 0.221 e. The van der Waals surface area contributed by atoms with Crippen molar-refractivity contribution in [2.75, 3.05) is 6.54 Å².